The van der Waals surface area contributed by atoms with Crippen LogP contribution in [0.4, 0.5) is 5.69 Å². The van der Waals surface area contributed by atoms with Gasteiger partial charge < -0.3 is 15.7 Å². The number of hydrogen-bond acceptors (Lipinski definition) is 5. The highest BCUT2D eigenvalue weighted by Gasteiger charge is 2.36. The molecule has 1 amide bonds. The van der Waals surface area contributed by atoms with E-state index in [1.165, 1.54) is 11.3 Å². The van der Waals surface area contributed by atoms with Gasteiger partial charge in [-0.05, 0) is 55.0 Å². The number of aliphatic hydroxyl groups is 1. The van der Waals surface area contributed by atoms with Gasteiger partial charge in [-0.25, -0.2) is 0 Å². The number of pyridine rings is 1. The van der Waals surface area contributed by atoms with Crippen LogP contribution in [0.5, 0.6) is 0 Å². The molecule has 1 aliphatic rings. The molecule has 0 bridgehead atoms. The number of nitrogens with zero attached hydrogens (tertiary/aromatic N) is 2. The SMILES string of the molecule is Cc1ccc2cc(C3(O)CCN(C(=O)c4sccc4N)CC3)ccc2n1. The van der Waals surface area contributed by atoms with Crippen LogP contribution >= 0.6 is 11.3 Å². The van der Waals surface area contributed by atoms with E-state index in [0.717, 1.165) is 22.2 Å². The third kappa shape index (κ3) is 2.95. The van der Waals surface area contributed by atoms with Crippen LogP contribution in [0.1, 0.15) is 33.8 Å². The summed E-state index contributed by atoms with van der Waals surface area (Å²) in [5.74, 6) is -0.0438. The number of piperidine rings is 1. The fraction of sp³-hybridized carbons (Fsp3) is 0.300. The van der Waals surface area contributed by atoms with E-state index in [1.807, 2.05) is 42.6 Å². The molecule has 6 heteroatoms. The molecule has 3 N–H and O–H groups in total. The lowest BCUT2D eigenvalue weighted by atomic mass is 9.84. The summed E-state index contributed by atoms with van der Waals surface area (Å²) in [6.45, 7) is 2.99. The minimum atomic E-state index is -0.920. The zero-order chi connectivity index (χ0) is 18.3. The van der Waals surface area contributed by atoms with Gasteiger partial charge in [-0.2, -0.15) is 0 Å². The van der Waals surface area contributed by atoms with E-state index in [1.54, 1.807) is 11.0 Å². The number of carbonyl (C=O) groups is 1. The van der Waals surface area contributed by atoms with Gasteiger partial charge in [0.15, 0.2) is 0 Å². The van der Waals surface area contributed by atoms with Gasteiger partial charge in [-0.1, -0.05) is 12.1 Å². The number of aryl methyl sites for hydroxylation is 1. The number of aromatic nitrogens is 1. The standard InChI is InChI=1S/C20H21N3O2S/c1-13-2-3-14-12-15(4-5-17(14)22-13)20(25)7-9-23(10-8-20)19(24)18-16(21)6-11-26-18/h2-6,11-12,25H,7-10,21H2,1H3. The first-order chi connectivity index (χ1) is 12.5. The third-order valence-corrected chi connectivity index (χ3v) is 6.05. The minimum Gasteiger partial charge on any atom is -0.397 e. The van der Waals surface area contributed by atoms with Gasteiger partial charge in [0.05, 0.1) is 16.8 Å². The van der Waals surface area contributed by atoms with Crippen LogP contribution in [0.15, 0.2) is 41.8 Å². The summed E-state index contributed by atoms with van der Waals surface area (Å²) in [4.78, 5) is 19.5. The largest absolute Gasteiger partial charge is 0.397 e. The lowest BCUT2D eigenvalue weighted by Gasteiger charge is -2.38. The summed E-state index contributed by atoms with van der Waals surface area (Å²) in [5.41, 5.74) is 8.26. The predicted octanol–water partition coefficient (Wildman–Crippen LogP) is 3.31. The Kier molecular flexibility index (Phi) is 4.17. The normalized spacial score (nSPS) is 16.8. The van der Waals surface area contributed by atoms with E-state index in [-0.39, 0.29) is 5.91 Å². The number of hydrogen-bond donors (Lipinski definition) is 2. The summed E-state index contributed by atoms with van der Waals surface area (Å²) >= 11 is 1.36. The van der Waals surface area contributed by atoms with Crippen LogP contribution in [-0.4, -0.2) is 34.0 Å². The zero-order valence-corrected chi connectivity index (χ0v) is 15.4. The zero-order valence-electron chi connectivity index (χ0n) is 14.6. The van der Waals surface area contributed by atoms with E-state index in [9.17, 15) is 9.90 Å². The Morgan fingerprint density at radius 1 is 1.23 bits per heavy atom. The molecule has 0 saturated carbocycles. The Bertz CT molecular complexity index is 974. The predicted molar refractivity (Wildman–Crippen MR) is 104 cm³/mol. The fourth-order valence-corrected chi connectivity index (χ4v) is 4.31. The van der Waals surface area contributed by atoms with Crippen molar-refractivity contribution in [2.75, 3.05) is 18.8 Å². The summed E-state index contributed by atoms with van der Waals surface area (Å²) < 4.78 is 0. The molecule has 2 aromatic heterocycles. The lowest BCUT2D eigenvalue weighted by Crippen LogP contribution is -2.45. The molecule has 1 saturated heterocycles. The lowest BCUT2D eigenvalue weighted by molar-refractivity contribution is -0.0209. The van der Waals surface area contributed by atoms with Gasteiger partial charge in [-0.15, -0.1) is 11.3 Å². The number of carbonyl (C=O) groups excluding carboxylic acids is 1. The van der Waals surface area contributed by atoms with Gasteiger partial charge in [0.1, 0.15) is 4.88 Å². The molecule has 1 aromatic carbocycles. The Labute approximate surface area is 156 Å². The first-order valence-electron chi connectivity index (χ1n) is 8.69. The number of fused-ring (bicyclic) bond motifs is 1. The molecular formula is C20H21N3O2S. The fourth-order valence-electron chi connectivity index (χ4n) is 3.52. The number of amides is 1. The van der Waals surface area contributed by atoms with Crippen molar-refractivity contribution in [1.29, 1.82) is 0 Å². The van der Waals surface area contributed by atoms with Gasteiger partial charge in [0.25, 0.3) is 5.91 Å². The summed E-state index contributed by atoms with van der Waals surface area (Å²) in [5, 5.41) is 14.0. The maximum absolute atomic E-state index is 12.6. The number of rotatable bonds is 2. The molecule has 1 aliphatic heterocycles. The highest BCUT2D eigenvalue weighted by atomic mass is 32.1. The molecule has 0 radical (unpaired) electrons. The van der Waals surface area contributed by atoms with Crippen molar-refractivity contribution >= 4 is 33.8 Å². The number of nitrogen functional groups attached to an aromatic ring is 1. The van der Waals surface area contributed by atoms with Crippen molar-refractivity contribution < 1.29 is 9.90 Å². The highest BCUT2D eigenvalue weighted by molar-refractivity contribution is 7.12. The van der Waals surface area contributed by atoms with Crippen LogP contribution in [-0.2, 0) is 5.60 Å². The molecule has 0 spiro atoms. The van der Waals surface area contributed by atoms with Gasteiger partial charge in [0, 0.05) is 24.2 Å². The number of likely N-dealkylation sites (tertiary alicyclic amines) is 1. The monoisotopic (exact) mass is 367 g/mol. The molecule has 5 nitrogen and oxygen atoms in total. The Morgan fingerprint density at radius 2 is 2.00 bits per heavy atom. The second-order valence-electron chi connectivity index (χ2n) is 6.89. The summed E-state index contributed by atoms with van der Waals surface area (Å²) in [7, 11) is 0. The molecule has 134 valence electrons. The van der Waals surface area contributed by atoms with Gasteiger partial charge in [0.2, 0.25) is 0 Å². The molecule has 0 unspecified atom stereocenters. The number of benzene rings is 1. The van der Waals surface area contributed by atoms with Crippen molar-refractivity contribution in [3.05, 3.63) is 57.9 Å². The smallest absolute Gasteiger partial charge is 0.266 e. The van der Waals surface area contributed by atoms with Crippen molar-refractivity contribution in [3.63, 3.8) is 0 Å². The summed E-state index contributed by atoms with van der Waals surface area (Å²) in [6, 6.07) is 11.7. The van der Waals surface area contributed by atoms with Crippen LogP contribution in [0, 0.1) is 6.92 Å². The maximum Gasteiger partial charge on any atom is 0.266 e. The van der Waals surface area contributed by atoms with Crippen LogP contribution < -0.4 is 5.73 Å². The molecule has 3 aromatic rings. The number of anilines is 1. The van der Waals surface area contributed by atoms with Gasteiger partial charge >= 0.3 is 0 Å². The van der Waals surface area contributed by atoms with Crippen molar-refractivity contribution in [1.82, 2.24) is 9.88 Å². The number of thiophene rings is 1. The molecule has 4 rings (SSSR count). The highest BCUT2D eigenvalue weighted by Crippen LogP contribution is 2.35. The summed E-state index contributed by atoms with van der Waals surface area (Å²) in [6.07, 6.45) is 1.02. The molecule has 0 aliphatic carbocycles. The second-order valence-corrected chi connectivity index (χ2v) is 7.81. The Balaban J connectivity index is 1.53. The van der Waals surface area contributed by atoms with Crippen molar-refractivity contribution in [2.24, 2.45) is 0 Å². The van der Waals surface area contributed by atoms with Gasteiger partial charge in [-0.3, -0.25) is 9.78 Å². The minimum absolute atomic E-state index is 0.0438. The quantitative estimate of drug-likeness (QED) is 0.728. The molecule has 26 heavy (non-hydrogen) atoms. The van der Waals surface area contributed by atoms with E-state index in [4.69, 9.17) is 5.73 Å². The molecule has 3 heterocycles. The van der Waals surface area contributed by atoms with Crippen LogP contribution in [0.25, 0.3) is 10.9 Å². The number of nitrogens with two attached hydrogens (primary N) is 1. The van der Waals surface area contributed by atoms with E-state index < -0.39 is 5.60 Å². The van der Waals surface area contributed by atoms with Crippen molar-refractivity contribution in [2.45, 2.75) is 25.4 Å². The first kappa shape index (κ1) is 17.0. The van der Waals surface area contributed by atoms with E-state index >= 15 is 0 Å². The van der Waals surface area contributed by atoms with Crippen LogP contribution in [0.3, 0.4) is 0 Å². The topological polar surface area (TPSA) is 79.5 Å². The maximum atomic E-state index is 12.6. The Hall–Kier alpha value is -2.44. The van der Waals surface area contributed by atoms with E-state index in [0.29, 0.717) is 36.5 Å². The van der Waals surface area contributed by atoms with E-state index in [2.05, 4.69) is 4.98 Å². The average molecular weight is 367 g/mol. The average Bonchev–Trinajstić information content (AvgIpc) is 3.07. The third-order valence-electron chi connectivity index (χ3n) is 5.13. The van der Waals surface area contributed by atoms with Crippen molar-refractivity contribution in [3.8, 4) is 0 Å². The van der Waals surface area contributed by atoms with Crippen LogP contribution in [0.2, 0.25) is 0 Å². The Morgan fingerprint density at radius 3 is 2.69 bits per heavy atom. The molecule has 1 fully saturated rings. The molecule has 0 atom stereocenters. The first-order valence-corrected chi connectivity index (χ1v) is 9.57. The molecular weight excluding hydrogens is 346 g/mol. The second kappa shape index (κ2) is 6.37.